The number of aliphatic imine (C=N–C) groups is 2. The van der Waals surface area contributed by atoms with Crippen LogP contribution in [0.2, 0.25) is 0 Å². The minimum Gasteiger partial charge on any atom is -0.493 e. The van der Waals surface area contributed by atoms with Crippen molar-refractivity contribution in [3.63, 3.8) is 0 Å². The molecular formula is C61H65N8O18S3+. The maximum Gasteiger partial charge on any atom is 0.501 e. The fourth-order valence-electron chi connectivity index (χ4n) is 11.4. The fraction of sp³-hybridized carbons (Fsp3) is 0.393. The number of benzene rings is 4. The second-order valence-electron chi connectivity index (χ2n) is 21.7. The molecule has 1 fully saturated rings. The van der Waals surface area contributed by atoms with Gasteiger partial charge in [-0.3, -0.25) is 24.1 Å². The SMILES string of the molecule is CC[N+](CC)(CCOCCN=[N+]=[N-])C(=O)c1ccc(OC2O[C@H](CO)[C@H](O)[C@H](O)[C@H]2O)c(OS(=O)(=O)Oc2cc(COc3cc4c(cc3OC)C(=O)N3Cc5ccsc5C[C@H]3C=N4)cc(COc3cc4c(cc3OC)C(=O)N3Cc5ccsc5C[C@H]3C=N4)c2)c1. The maximum atomic E-state index is 14.6. The Balaban J connectivity index is 0.910. The van der Waals surface area contributed by atoms with E-state index in [2.05, 4.69) is 10.0 Å². The van der Waals surface area contributed by atoms with Crippen molar-refractivity contribution in [1.82, 2.24) is 9.80 Å². The normalized spacial score (nSPS) is 20.8. The number of hydrogen-bond donors (Lipinski definition) is 4. The van der Waals surface area contributed by atoms with Crippen molar-refractivity contribution in [3.8, 4) is 40.2 Å². The average Bonchev–Trinajstić information content (AvgIpc) is 1.55. The van der Waals surface area contributed by atoms with Crippen LogP contribution in [-0.2, 0) is 59.0 Å². The van der Waals surface area contributed by atoms with E-state index < -0.39 is 65.1 Å². The van der Waals surface area contributed by atoms with Gasteiger partial charge in [-0.1, -0.05) is 5.11 Å². The third-order valence-corrected chi connectivity index (χ3v) is 19.2. The van der Waals surface area contributed by atoms with Crippen molar-refractivity contribution in [2.75, 3.05) is 60.2 Å². The number of carbonyl (C=O) groups is 3. The van der Waals surface area contributed by atoms with Crippen molar-refractivity contribution in [2.24, 2.45) is 15.1 Å². The summed E-state index contributed by atoms with van der Waals surface area (Å²) in [7, 11) is -2.43. The number of likely N-dealkylation sites (N-methyl/N-ethyl adjacent to an activating group) is 1. The molecule has 5 aliphatic heterocycles. The minimum atomic E-state index is -5.29. The highest BCUT2D eigenvalue weighted by Crippen LogP contribution is 2.43. The predicted octanol–water partition coefficient (Wildman–Crippen LogP) is 6.76. The third-order valence-electron chi connectivity index (χ3n) is 16.5. The molecule has 4 aromatic carbocycles. The highest BCUT2D eigenvalue weighted by atomic mass is 32.3. The van der Waals surface area contributed by atoms with Crippen LogP contribution in [0.15, 0.2) is 98.7 Å². The molecule has 474 valence electrons. The molecule has 0 bridgehead atoms. The first kappa shape index (κ1) is 63.4. The van der Waals surface area contributed by atoms with E-state index in [-0.39, 0.29) is 115 Å². The zero-order valence-electron chi connectivity index (χ0n) is 49.3. The van der Waals surface area contributed by atoms with Crippen LogP contribution in [0.5, 0.6) is 40.2 Å². The highest BCUT2D eigenvalue weighted by molar-refractivity contribution is 7.82. The molecule has 3 amide bonds. The smallest absolute Gasteiger partial charge is 0.493 e. The summed E-state index contributed by atoms with van der Waals surface area (Å²) in [5.41, 5.74) is 12.7. The Labute approximate surface area is 525 Å². The van der Waals surface area contributed by atoms with Gasteiger partial charge in [-0.25, -0.2) is 4.79 Å². The number of thiophene rings is 2. The molecule has 1 saturated heterocycles. The number of aliphatic hydroxyl groups excluding tert-OH is 4. The number of amides is 3. The monoisotopic (exact) mass is 1290 g/mol. The molecule has 6 aromatic rings. The number of nitrogens with zero attached hydrogens (tertiary/aromatic N) is 8. The van der Waals surface area contributed by atoms with Crippen molar-refractivity contribution in [2.45, 2.75) is 95.8 Å². The lowest BCUT2D eigenvalue weighted by molar-refractivity contribution is -0.846. The van der Waals surface area contributed by atoms with Crippen LogP contribution in [-0.4, -0.2) is 176 Å². The molecule has 29 heteroatoms. The van der Waals surface area contributed by atoms with Gasteiger partial charge in [0.25, 0.3) is 11.8 Å². The number of azide groups is 1. The van der Waals surface area contributed by atoms with Gasteiger partial charge in [-0.15, -0.1) is 31.1 Å². The van der Waals surface area contributed by atoms with Crippen molar-refractivity contribution in [1.29, 1.82) is 0 Å². The van der Waals surface area contributed by atoms with E-state index in [0.717, 1.165) is 17.2 Å². The molecule has 7 atom stereocenters. The van der Waals surface area contributed by atoms with E-state index >= 15 is 0 Å². The van der Waals surface area contributed by atoms with Gasteiger partial charge < -0.3 is 71.8 Å². The van der Waals surface area contributed by atoms with E-state index in [1.807, 2.05) is 22.9 Å². The van der Waals surface area contributed by atoms with Gasteiger partial charge >= 0.3 is 16.3 Å². The topological polar surface area (TPSA) is 329 Å². The quantitative estimate of drug-likeness (QED) is 0.0160. The summed E-state index contributed by atoms with van der Waals surface area (Å²) in [5, 5.41) is 49.6. The summed E-state index contributed by atoms with van der Waals surface area (Å²) < 4.78 is 81.8. The van der Waals surface area contributed by atoms with Gasteiger partial charge in [-0.05, 0) is 107 Å². The Morgan fingerprint density at radius 1 is 0.733 bits per heavy atom. The first-order valence-electron chi connectivity index (χ1n) is 28.8. The lowest BCUT2D eigenvalue weighted by Crippen LogP contribution is -2.60. The zero-order chi connectivity index (χ0) is 63.4. The van der Waals surface area contributed by atoms with Gasteiger partial charge in [0.1, 0.15) is 49.9 Å². The van der Waals surface area contributed by atoms with Crippen molar-refractivity contribution < 1.29 is 89.2 Å². The Hall–Kier alpha value is -8.19. The second-order valence-corrected chi connectivity index (χ2v) is 24.9. The molecule has 2 aromatic heterocycles. The third kappa shape index (κ3) is 13.2. The molecule has 26 nitrogen and oxygen atoms in total. The van der Waals surface area contributed by atoms with Crippen molar-refractivity contribution in [3.05, 3.63) is 143 Å². The molecule has 11 rings (SSSR count). The lowest BCUT2D eigenvalue weighted by Gasteiger charge is -2.39. The molecule has 0 aliphatic carbocycles. The van der Waals surface area contributed by atoms with Gasteiger partial charge in [0.05, 0.1) is 87.3 Å². The number of carbonyl (C=O) groups excluding carboxylic acids is 3. The van der Waals surface area contributed by atoms with Crippen LogP contribution in [0.25, 0.3) is 10.4 Å². The maximum absolute atomic E-state index is 14.6. The first-order chi connectivity index (χ1) is 43.5. The molecule has 0 saturated carbocycles. The summed E-state index contributed by atoms with van der Waals surface area (Å²) in [6, 6.07) is 17.8. The van der Waals surface area contributed by atoms with E-state index in [9.17, 15) is 43.2 Å². The van der Waals surface area contributed by atoms with E-state index in [1.165, 1.54) is 48.2 Å². The van der Waals surface area contributed by atoms with Gasteiger partial charge in [0.15, 0.2) is 34.5 Å². The summed E-state index contributed by atoms with van der Waals surface area (Å²) in [5.74, 6) is -1.51. The van der Waals surface area contributed by atoms with Crippen LogP contribution >= 0.6 is 22.7 Å². The largest absolute Gasteiger partial charge is 0.501 e. The molecule has 0 spiro atoms. The Morgan fingerprint density at radius 2 is 1.31 bits per heavy atom. The number of methoxy groups -OCH3 is 2. The Kier molecular flexibility index (Phi) is 19.1. The molecular weight excluding hydrogens is 1230 g/mol. The van der Waals surface area contributed by atoms with Crippen LogP contribution in [0.4, 0.5) is 11.4 Å². The number of rotatable bonds is 24. The molecule has 90 heavy (non-hydrogen) atoms. The standard InChI is InChI=1S/C61H65N8O18S3/c1-5-69(6-2,12-14-81-13-11-65-66-62)60(76)36-7-8-46(84-61-57(73)56(72)55(71)52(31-70)85-61)51(20-36)87-90(77,78)86-41-18-34(32-82-49-25-44-42(23-47(49)79-3)58(74)67-29-37-9-15-88-53(37)21-39(67)27-63-44)17-35(19-41)33-83-50-26-45-43(24-48(50)80-4)59(75)68-30-38-10-16-89-54(38)22-40(68)28-64-45/h7-10,15-20,23-28,39-40,52,55-57,61,70-73H,5-6,11-14,21-22,29-33H2,1-4H3/q+1/t39-,40-,52+,55-,56-,57+,61?/m0/s1. The number of hydrogen-bond acceptors (Lipinski definition) is 23. The molecule has 0 radical (unpaired) electrons. The summed E-state index contributed by atoms with van der Waals surface area (Å²) in [6.45, 7) is 4.09. The second kappa shape index (κ2) is 27.1. The van der Waals surface area contributed by atoms with Crippen LogP contribution < -0.4 is 32.1 Å². The van der Waals surface area contributed by atoms with E-state index in [4.69, 9.17) is 57.0 Å². The van der Waals surface area contributed by atoms with Crippen molar-refractivity contribution >= 4 is 74.6 Å². The molecule has 1 unspecified atom stereocenters. The first-order valence-corrected chi connectivity index (χ1v) is 31.9. The number of aliphatic hydroxyl groups is 4. The fourth-order valence-corrected chi connectivity index (χ4v) is 14.0. The van der Waals surface area contributed by atoms with Crippen LogP contribution in [0, 0.1) is 0 Å². The number of ether oxygens (including phenoxy) is 7. The number of quaternary nitrogens is 1. The van der Waals surface area contributed by atoms with E-state index in [0.29, 0.717) is 59.6 Å². The van der Waals surface area contributed by atoms with Crippen LogP contribution in [0.3, 0.4) is 0 Å². The summed E-state index contributed by atoms with van der Waals surface area (Å²) >= 11 is 3.27. The molecule has 4 N–H and O–H groups in total. The number of fused-ring (bicyclic) bond motifs is 6. The predicted molar refractivity (Wildman–Crippen MR) is 327 cm³/mol. The Bertz CT molecular complexity index is 3760. The summed E-state index contributed by atoms with van der Waals surface area (Å²) in [4.78, 5) is 61.1. The summed E-state index contributed by atoms with van der Waals surface area (Å²) in [6.07, 6.45) is -4.06. The highest BCUT2D eigenvalue weighted by Gasteiger charge is 2.46. The zero-order valence-corrected chi connectivity index (χ0v) is 51.7. The van der Waals surface area contributed by atoms with Gasteiger partial charge in [-0.2, -0.15) is 0 Å². The minimum absolute atomic E-state index is 0.0512. The lowest BCUT2D eigenvalue weighted by atomic mass is 9.99. The van der Waals surface area contributed by atoms with Gasteiger partial charge in [0.2, 0.25) is 6.29 Å². The Morgan fingerprint density at radius 3 is 1.84 bits per heavy atom. The van der Waals surface area contributed by atoms with E-state index in [1.54, 1.807) is 89.1 Å². The molecule has 7 heterocycles. The van der Waals surface area contributed by atoms with Crippen LogP contribution in [0.1, 0.15) is 76.9 Å². The average molecular weight is 1290 g/mol. The molecule has 5 aliphatic rings. The van der Waals surface area contributed by atoms with Gasteiger partial charge in [0, 0.05) is 77.8 Å².